The quantitative estimate of drug-likeness (QED) is 0.148. The third kappa shape index (κ3) is 13.4. The Morgan fingerprint density at radius 2 is 0.606 bits per heavy atom. The maximum atomic E-state index is 4.78. The normalized spacial score (nSPS) is 10.1. The molecule has 10 rings (SSSR count). The molecular weight excluding hydrogens is 1310 g/mol. The first-order chi connectivity index (χ1) is 31.5. The molecule has 0 aliphatic heterocycles. The SMILES string of the molecule is Brc1ccc(-c2cc(-c3ccccn3)nc(-c3ccccn3)c2)cc1.Brc1ccc(-c2cc(-c3ccccn3)nc(-c3ccccn3)c2)cc1.C=C(c1ccncc1)c1ccncc1.[Pt+2].[Pt+2]. The van der Waals surface area contributed by atoms with Gasteiger partial charge in [0.15, 0.2) is 0 Å². The predicted molar refractivity (Wildman–Crippen MR) is 264 cm³/mol. The van der Waals surface area contributed by atoms with E-state index < -0.39 is 0 Å². The number of hydrogen-bond donors (Lipinski definition) is 0. The second-order valence-corrected chi connectivity index (χ2v) is 15.9. The van der Waals surface area contributed by atoms with Crippen LogP contribution in [0.25, 0.3) is 73.4 Å². The minimum atomic E-state index is 0. The summed E-state index contributed by atoms with van der Waals surface area (Å²) >= 11 is 6.98. The van der Waals surface area contributed by atoms with Gasteiger partial charge in [-0.05, 0) is 160 Å². The molecule has 0 bridgehead atoms. The van der Waals surface area contributed by atoms with Crippen LogP contribution in [0.5, 0.6) is 0 Å². The fraction of sp³-hybridized carbons (Fsp3) is 0. The average Bonchev–Trinajstić information content (AvgIpc) is 3.38. The summed E-state index contributed by atoms with van der Waals surface area (Å²) in [6.45, 7) is 4.04. The molecule has 0 aliphatic rings. The topological polar surface area (TPSA) is 103 Å². The number of benzene rings is 2. The van der Waals surface area contributed by atoms with Crippen molar-refractivity contribution in [3.63, 3.8) is 0 Å². The number of nitrogens with zero attached hydrogens (tertiary/aromatic N) is 8. The maximum absolute atomic E-state index is 4.78. The fourth-order valence-corrected chi connectivity index (χ4v) is 7.06. The predicted octanol–water partition coefficient (Wildman–Crippen LogP) is 13.8. The second kappa shape index (κ2) is 24.9. The van der Waals surface area contributed by atoms with Crippen molar-refractivity contribution in [2.45, 2.75) is 0 Å². The van der Waals surface area contributed by atoms with Crippen LogP contribution >= 0.6 is 31.9 Å². The molecule has 0 saturated heterocycles. The van der Waals surface area contributed by atoms with Crippen LogP contribution in [0.15, 0.2) is 235 Å². The van der Waals surface area contributed by atoms with E-state index in [1.54, 1.807) is 49.6 Å². The van der Waals surface area contributed by atoms with Crippen molar-refractivity contribution in [2.24, 2.45) is 0 Å². The van der Waals surface area contributed by atoms with E-state index >= 15 is 0 Å². The van der Waals surface area contributed by atoms with Gasteiger partial charge in [0, 0.05) is 58.5 Å². The van der Waals surface area contributed by atoms with Gasteiger partial charge >= 0.3 is 42.1 Å². The molecule has 2 aromatic carbocycles. The van der Waals surface area contributed by atoms with E-state index in [0.717, 1.165) is 93.5 Å². The number of halogens is 2. The van der Waals surface area contributed by atoms with Crippen LogP contribution in [-0.4, -0.2) is 39.9 Å². The van der Waals surface area contributed by atoms with Crippen LogP contribution in [0.3, 0.4) is 0 Å². The molecule has 0 fully saturated rings. The van der Waals surface area contributed by atoms with Gasteiger partial charge in [-0.15, -0.1) is 0 Å². The molecule has 324 valence electrons. The molecule has 0 amide bonds. The Morgan fingerprint density at radius 1 is 0.318 bits per heavy atom. The van der Waals surface area contributed by atoms with E-state index in [0.29, 0.717) is 0 Å². The Kier molecular flexibility index (Phi) is 18.5. The summed E-state index contributed by atoms with van der Waals surface area (Å²) in [5, 5.41) is 0. The Balaban J connectivity index is 0.000000168. The van der Waals surface area contributed by atoms with Crippen molar-refractivity contribution in [1.82, 2.24) is 39.9 Å². The van der Waals surface area contributed by atoms with Crippen LogP contribution in [0.4, 0.5) is 0 Å². The van der Waals surface area contributed by atoms with E-state index in [2.05, 4.69) is 117 Å². The number of aromatic nitrogens is 8. The molecule has 0 radical (unpaired) electrons. The second-order valence-electron chi connectivity index (χ2n) is 14.1. The number of hydrogen-bond acceptors (Lipinski definition) is 8. The van der Waals surface area contributed by atoms with Crippen molar-refractivity contribution < 1.29 is 42.1 Å². The number of rotatable bonds is 8. The van der Waals surface area contributed by atoms with Gasteiger partial charge in [0.25, 0.3) is 0 Å². The molecule has 10 aromatic rings. The summed E-state index contributed by atoms with van der Waals surface area (Å²) in [4.78, 5) is 35.3. The molecule has 0 atom stereocenters. The van der Waals surface area contributed by atoms with Crippen molar-refractivity contribution in [1.29, 1.82) is 0 Å². The molecule has 8 nitrogen and oxygen atoms in total. The average molecular weight is 1350 g/mol. The molecule has 0 unspecified atom stereocenters. The molecule has 0 saturated carbocycles. The van der Waals surface area contributed by atoms with Gasteiger partial charge in [-0.2, -0.15) is 0 Å². The Bertz CT molecular complexity index is 2720. The number of pyridine rings is 8. The van der Waals surface area contributed by atoms with Gasteiger partial charge in [-0.1, -0.05) is 87.0 Å². The Hall–Kier alpha value is -6.28. The van der Waals surface area contributed by atoms with Gasteiger partial charge in [-0.25, -0.2) is 9.97 Å². The first kappa shape index (κ1) is 49.2. The van der Waals surface area contributed by atoms with E-state index in [4.69, 9.17) is 9.97 Å². The fourth-order valence-electron chi connectivity index (χ4n) is 6.53. The van der Waals surface area contributed by atoms with Crippen LogP contribution in [-0.2, 0) is 42.1 Å². The van der Waals surface area contributed by atoms with E-state index in [-0.39, 0.29) is 42.1 Å². The minimum absolute atomic E-state index is 0. The van der Waals surface area contributed by atoms with Crippen LogP contribution < -0.4 is 0 Å². The summed E-state index contributed by atoms with van der Waals surface area (Å²) in [6.07, 6.45) is 14.2. The molecule has 0 spiro atoms. The summed E-state index contributed by atoms with van der Waals surface area (Å²) < 4.78 is 2.11. The molecule has 0 N–H and O–H groups in total. The van der Waals surface area contributed by atoms with Gasteiger partial charge in [0.2, 0.25) is 0 Å². The summed E-state index contributed by atoms with van der Waals surface area (Å²) in [5.41, 5.74) is 14.3. The third-order valence-corrected chi connectivity index (χ3v) is 10.8. The van der Waals surface area contributed by atoms with Gasteiger partial charge in [0.05, 0.1) is 45.6 Å². The molecule has 0 aliphatic carbocycles. The summed E-state index contributed by atoms with van der Waals surface area (Å²) in [5.74, 6) is 0. The Labute approximate surface area is 429 Å². The van der Waals surface area contributed by atoms with E-state index in [9.17, 15) is 0 Å². The smallest absolute Gasteiger partial charge is 0.265 e. The maximum Gasteiger partial charge on any atom is 2.00 e. The molecule has 66 heavy (non-hydrogen) atoms. The first-order valence-corrected chi connectivity index (χ1v) is 21.8. The zero-order valence-electron chi connectivity index (χ0n) is 35.0. The van der Waals surface area contributed by atoms with E-state index in [1.165, 1.54) is 0 Å². The largest absolute Gasteiger partial charge is 2.00 e. The van der Waals surface area contributed by atoms with Crippen molar-refractivity contribution in [3.8, 4) is 67.8 Å². The van der Waals surface area contributed by atoms with Crippen molar-refractivity contribution in [3.05, 3.63) is 246 Å². The van der Waals surface area contributed by atoms with Gasteiger partial charge < -0.3 is 0 Å². The summed E-state index contributed by atoms with van der Waals surface area (Å²) in [7, 11) is 0. The minimum Gasteiger partial charge on any atom is -0.265 e. The molecule has 8 heterocycles. The van der Waals surface area contributed by atoms with Crippen LogP contribution in [0.1, 0.15) is 11.1 Å². The van der Waals surface area contributed by atoms with E-state index in [1.807, 2.05) is 121 Å². The zero-order chi connectivity index (χ0) is 43.9. The zero-order valence-corrected chi connectivity index (χ0v) is 42.7. The van der Waals surface area contributed by atoms with Gasteiger partial charge in [0.1, 0.15) is 0 Å². The van der Waals surface area contributed by atoms with Crippen molar-refractivity contribution in [2.75, 3.05) is 0 Å². The summed E-state index contributed by atoms with van der Waals surface area (Å²) in [6, 6.07) is 55.9. The molecular formula is C54H38Br2N8Pt2+4. The van der Waals surface area contributed by atoms with Crippen molar-refractivity contribution >= 4 is 37.4 Å². The molecule has 12 heteroatoms. The standard InChI is InChI=1S/2C21H14BrN3.C12H10N2.2Pt/c2*22-17-9-7-15(8-10-17)16-13-20(18-5-1-3-11-23-18)25-21(14-16)19-6-2-4-12-24-19;1-10(11-2-6-13-7-3-11)12-4-8-14-9-5-12;;/h2*1-14H;2-9H,1H2;;/q;;;2*+2. The third-order valence-electron chi connectivity index (χ3n) is 9.77. The van der Waals surface area contributed by atoms with Gasteiger partial charge in [-0.3, -0.25) is 29.9 Å². The monoisotopic (exact) mass is 1350 g/mol. The van der Waals surface area contributed by atoms with Crippen LogP contribution in [0, 0.1) is 0 Å². The molecule has 8 aromatic heterocycles. The van der Waals surface area contributed by atoms with Crippen LogP contribution in [0.2, 0.25) is 0 Å². The Morgan fingerprint density at radius 3 is 0.864 bits per heavy atom. The first-order valence-electron chi connectivity index (χ1n) is 20.2.